The number of benzene rings is 1. The maximum Gasteiger partial charge on any atom is 0.419 e. The normalized spacial score (nSPS) is 14.6. The van der Waals surface area contributed by atoms with Crippen LogP contribution >= 0.6 is 11.6 Å². The summed E-state index contributed by atoms with van der Waals surface area (Å²) < 4.78 is 62.1. The van der Waals surface area contributed by atoms with Gasteiger partial charge >= 0.3 is 6.18 Å². The molecule has 0 aromatic heterocycles. The third-order valence-corrected chi connectivity index (χ3v) is 3.32. The van der Waals surface area contributed by atoms with E-state index in [-0.39, 0.29) is 11.3 Å². The Morgan fingerprint density at radius 3 is 2.33 bits per heavy atom. The summed E-state index contributed by atoms with van der Waals surface area (Å²) in [6.07, 6.45) is -5.90. The van der Waals surface area contributed by atoms with Crippen molar-refractivity contribution in [1.82, 2.24) is 0 Å². The van der Waals surface area contributed by atoms with Crippen LogP contribution in [0.1, 0.15) is 5.56 Å². The number of halogens is 5. The monoisotopic (exact) mass is 329 g/mol. The first-order valence-corrected chi connectivity index (χ1v) is 6.01. The zero-order valence-corrected chi connectivity index (χ0v) is 11.9. The molecule has 0 saturated carbocycles. The smallest absolute Gasteiger partial charge is 0.419 e. The van der Waals surface area contributed by atoms with E-state index in [1.165, 1.54) is 7.11 Å². The molecule has 4 nitrogen and oxygen atoms in total. The van der Waals surface area contributed by atoms with Crippen LogP contribution < -0.4 is 4.74 Å². The van der Waals surface area contributed by atoms with E-state index >= 15 is 0 Å². The van der Waals surface area contributed by atoms with Crippen LogP contribution in [-0.2, 0) is 11.2 Å². The Kier molecular flexibility index (Phi) is 5.52. The maximum atomic E-state index is 13.7. The minimum absolute atomic E-state index is 0.216. The van der Waals surface area contributed by atoms with Gasteiger partial charge in [-0.25, -0.2) is 4.39 Å². The number of hydrogen-bond acceptors (Lipinski definition) is 4. The quantitative estimate of drug-likeness (QED) is 0.590. The van der Waals surface area contributed by atoms with Gasteiger partial charge in [-0.15, -0.1) is 4.91 Å². The van der Waals surface area contributed by atoms with E-state index in [9.17, 15) is 22.5 Å². The van der Waals surface area contributed by atoms with E-state index in [1.54, 1.807) is 0 Å². The topological polar surface area (TPSA) is 47.9 Å². The van der Waals surface area contributed by atoms with Gasteiger partial charge in [0, 0.05) is 13.5 Å². The second kappa shape index (κ2) is 6.57. The van der Waals surface area contributed by atoms with Crippen molar-refractivity contribution in [3.05, 3.63) is 33.4 Å². The molecule has 0 fully saturated rings. The van der Waals surface area contributed by atoms with Crippen LogP contribution in [0.25, 0.3) is 0 Å². The molecule has 0 amide bonds. The van der Waals surface area contributed by atoms with Crippen molar-refractivity contribution in [2.45, 2.75) is 18.1 Å². The third-order valence-electron chi connectivity index (χ3n) is 2.92. The van der Waals surface area contributed by atoms with Gasteiger partial charge in [0.1, 0.15) is 0 Å². The molecule has 0 heterocycles. The molecule has 1 unspecified atom stereocenters. The molecule has 0 N–H and O–H groups in total. The summed E-state index contributed by atoms with van der Waals surface area (Å²) in [6.45, 7) is -0.996. The predicted octanol–water partition coefficient (Wildman–Crippen LogP) is 3.74. The number of hydrogen-bond donors (Lipinski definition) is 0. The molecule has 0 saturated heterocycles. The summed E-state index contributed by atoms with van der Waals surface area (Å²) in [4.78, 5) is 10.8. The van der Waals surface area contributed by atoms with E-state index in [0.29, 0.717) is 0 Å². The minimum Gasteiger partial charge on any atom is -0.494 e. The van der Waals surface area contributed by atoms with Crippen LogP contribution in [0.4, 0.5) is 17.6 Å². The van der Waals surface area contributed by atoms with E-state index in [0.717, 1.165) is 19.2 Å². The number of ether oxygens (including phenoxy) is 2. The van der Waals surface area contributed by atoms with Gasteiger partial charge in [0.25, 0.3) is 0 Å². The first-order valence-electron chi connectivity index (χ1n) is 5.63. The summed E-state index contributed by atoms with van der Waals surface area (Å²) in [5, 5.41) is 1.62. The highest BCUT2D eigenvalue weighted by Gasteiger charge is 2.57. The van der Waals surface area contributed by atoms with Gasteiger partial charge in [-0.05, 0) is 11.6 Å². The number of nitroso groups, excluding NO2 is 1. The zero-order chi connectivity index (χ0) is 16.3. The van der Waals surface area contributed by atoms with Gasteiger partial charge in [0.15, 0.2) is 11.6 Å². The molecular weight excluding hydrogens is 318 g/mol. The SMILES string of the molecule is COCC(Cc1ccc(OC)c(F)c1Cl)(N=O)C(F)(F)F. The Morgan fingerprint density at radius 2 is 1.90 bits per heavy atom. The Hall–Kier alpha value is -1.41. The van der Waals surface area contributed by atoms with Gasteiger partial charge < -0.3 is 9.47 Å². The second-order valence-corrected chi connectivity index (χ2v) is 4.66. The molecule has 0 aliphatic heterocycles. The average Bonchev–Trinajstić information content (AvgIpc) is 2.42. The van der Waals surface area contributed by atoms with Crippen molar-refractivity contribution in [2.24, 2.45) is 5.18 Å². The Morgan fingerprint density at radius 1 is 1.29 bits per heavy atom. The van der Waals surface area contributed by atoms with Crippen molar-refractivity contribution in [3.63, 3.8) is 0 Å². The molecule has 118 valence electrons. The summed E-state index contributed by atoms with van der Waals surface area (Å²) in [5.41, 5.74) is -3.25. The molecule has 1 atom stereocenters. The Labute approximate surface area is 123 Å². The number of methoxy groups -OCH3 is 2. The highest BCUT2D eigenvalue weighted by Crippen LogP contribution is 2.39. The molecule has 1 aromatic carbocycles. The fourth-order valence-corrected chi connectivity index (χ4v) is 1.99. The largest absolute Gasteiger partial charge is 0.494 e. The lowest BCUT2D eigenvalue weighted by molar-refractivity contribution is -0.197. The molecule has 9 heteroatoms. The fourth-order valence-electron chi connectivity index (χ4n) is 1.76. The Balaban J connectivity index is 3.28. The van der Waals surface area contributed by atoms with E-state index < -0.39 is 35.6 Å². The average molecular weight is 330 g/mol. The van der Waals surface area contributed by atoms with Crippen LogP contribution in [0.2, 0.25) is 5.02 Å². The third kappa shape index (κ3) is 3.44. The summed E-state index contributed by atoms with van der Waals surface area (Å²) in [7, 11) is 2.19. The van der Waals surface area contributed by atoms with Crippen LogP contribution in [0, 0.1) is 10.7 Å². The standard InChI is InChI=1S/C12H12ClF4NO3/c1-20-6-11(18-19,12(15,16)17)5-7-3-4-8(21-2)10(14)9(7)13/h3-4H,5-6H2,1-2H3. The van der Waals surface area contributed by atoms with Crippen molar-refractivity contribution >= 4 is 11.6 Å². The van der Waals surface area contributed by atoms with Gasteiger partial charge in [-0.2, -0.15) is 13.2 Å². The fraction of sp³-hybridized carbons (Fsp3) is 0.500. The van der Waals surface area contributed by atoms with Crippen LogP contribution in [0.3, 0.4) is 0 Å². The molecule has 0 aliphatic carbocycles. The highest BCUT2D eigenvalue weighted by atomic mass is 35.5. The molecule has 0 aliphatic rings. The second-order valence-electron chi connectivity index (χ2n) is 4.29. The first-order chi connectivity index (χ1) is 9.72. The van der Waals surface area contributed by atoms with Crippen molar-refractivity contribution in [1.29, 1.82) is 0 Å². The lowest BCUT2D eigenvalue weighted by Gasteiger charge is -2.28. The van der Waals surface area contributed by atoms with Gasteiger partial charge in [0.2, 0.25) is 5.54 Å². The molecule has 0 bridgehead atoms. The zero-order valence-electron chi connectivity index (χ0n) is 11.1. The lowest BCUT2D eigenvalue weighted by Crippen LogP contribution is -2.49. The van der Waals surface area contributed by atoms with Crippen LogP contribution in [-0.4, -0.2) is 32.5 Å². The molecular formula is C12H12ClF4NO3. The van der Waals surface area contributed by atoms with Crippen LogP contribution in [0.5, 0.6) is 5.75 Å². The van der Waals surface area contributed by atoms with Crippen molar-refractivity contribution < 1.29 is 27.0 Å². The molecule has 1 aromatic rings. The minimum atomic E-state index is -4.97. The molecule has 0 radical (unpaired) electrons. The molecule has 1 rings (SSSR count). The van der Waals surface area contributed by atoms with Gasteiger partial charge in [0.05, 0.1) is 18.7 Å². The van der Waals surface area contributed by atoms with Crippen molar-refractivity contribution in [2.75, 3.05) is 20.8 Å². The number of rotatable bonds is 6. The maximum absolute atomic E-state index is 13.7. The molecule has 0 spiro atoms. The summed E-state index contributed by atoms with van der Waals surface area (Å²) in [6, 6.07) is 2.26. The van der Waals surface area contributed by atoms with E-state index in [4.69, 9.17) is 11.6 Å². The predicted molar refractivity (Wildman–Crippen MR) is 68.1 cm³/mol. The number of nitrogens with zero attached hydrogens (tertiary/aromatic N) is 1. The molecule has 21 heavy (non-hydrogen) atoms. The highest BCUT2D eigenvalue weighted by molar-refractivity contribution is 6.31. The Bertz CT molecular complexity index is 524. The van der Waals surface area contributed by atoms with Crippen molar-refractivity contribution in [3.8, 4) is 5.75 Å². The van der Waals surface area contributed by atoms with E-state index in [1.807, 2.05) is 0 Å². The van der Waals surface area contributed by atoms with E-state index in [2.05, 4.69) is 14.7 Å². The van der Waals surface area contributed by atoms with Gasteiger partial charge in [-0.1, -0.05) is 22.8 Å². The number of alkyl halides is 3. The lowest BCUT2D eigenvalue weighted by atomic mass is 9.91. The first kappa shape index (κ1) is 17.6. The summed E-state index contributed by atoms with van der Waals surface area (Å²) in [5.74, 6) is -1.22. The summed E-state index contributed by atoms with van der Waals surface area (Å²) >= 11 is 5.68. The van der Waals surface area contributed by atoms with Crippen LogP contribution in [0.15, 0.2) is 17.3 Å². The van der Waals surface area contributed by atoms with Gasteiger partial charge in [-0.3, -0.25) is 0 Å².